The van der Waals surface area contributed by atoms with Crippen molar-refractivity contribution in [3.63, 3.8) is 0 Å². The van der Waals surface area contributed by atoms with Crippen molar-refractivity contribution in [2.24, 2.45) is 11.7 Å². The summed E-state index contributed by atoms with van der Waals surface area (Å²) in [5, 5.41) is 0. The molecule has 7 heteroatoms. The number of hydrogen-bond donors (Lipinski definition) is 1. The summed E-state index contributed by atoms with van der Waals surface area (Å²) >= 11 is 0. The second-order valence-corrected chi connectivity index (χ2v) is 7.43. The van der Waals surface area contributed by atoms with E-state index in [-0.39, 0.29) is 17.7 Å². The molecule has 2 aliphatic rings. The molecular weight excluding hydrogens is 369 g/mol. The topological polar surface area (TPSA) is 63.4 Å². The fourth-order valence-electron chi connectivity index (χ4n) is 3.98. The first-order valence-electron chi connectivity index (χ1n) is 9.09. The molecule has 0 radical (unpaired) electrons. The standard InChI is InChI=1S/C21H19F3N2O2/c22-21(23,24)15-7-5-12(6-8-15)16-10-17(16)20(28)26-11-14-4-2-1-3-13(14)9-18(26)19(25)27/h1-8,16-18H,9-11H2,(H2,25,27)/t16-,17+,18-/m0/s1. The van der Waals surface area contributed by atoms with Crippen LogP contribution in [-0.4, -0.2) is 22.8 Å². The third-order valence-corrected chi connectivity index (χ3v) is 5.63. The van der Waals surface area contributed by atoms with Crippen LogP contribution in [0.5, 0.6) is 0 Å². The van der Waals surface area contributed by atoms with Crippen LogP contribution in [0, 0.1) is 5.92 Å². The molecule has 1 saturated carbocycles. The molecule has 28 heavy (non-hydrogen) atoms. The molecule has 0 spiro atoms. The molecule has 4 nitrogen and oxygen atoms in total. The summed E-state index contributed by atoms with van der Waals surface area (Å²) in [6.07, 6.45) is -3.43. The minimum Gasteiger partial charge on any atom is -0.368 e. The Hall–Kier alpha value is -2.83. The van der Waals surface area contributed by atoms with Crippen molar-refractivity contribution in [3.8, 4) is 0 Å². The number of primary amides is 1. The number of fused-ring (bicyclic) bond motifs is 1. The first-order valence-corrected chi connectivity index (χ1v) is 9.09. The summed E-state index contributed by atoms with van der Waals surface area (Å²) in [7, 11) is 0. The van der Waals surface area contributed by atoms with E-state index in [0.29, 0.717) is 24.9 Å². The molecular formula is C21H19F3N2O2. The predicted octanol–water partition coefficient (Wildman–Crippen LogP) is 3.25. The number of halogens is 3. The number of carbonyl (C=O) groups is 2. The van der Waals surface area contributed by atoms with Crippen LogP contribution in [0.1, 0.15) is 34.6 Å². The zero-order valence-corrected chi connectivity index (χ0v) is 14.9. The number of rotatable bonds is 3. The molecule has 2 amide bonds. The van der Waals surface area contributed by atoms with Crippen LogP contribution in [-0.2, 0) is 28.7 Å². The maximum atomic E-state index is 13.0. The first kappa shape index (κ1) is 18.5. The van der Waals surface area contributed by atoms with Gasteiger partial charge >= 0.3 is 6.18 Å². The number of nitrogens with zero attached hydrogens (tertiary/aromatic N) is 1. The van der Waals surface area contributed by atoms with E-state index < -0.39 is 23.7 Å². The highest BCUT2D eigenvalue weighted by atomic mass is 19.4. The second kappa shape index (κ2) is 6.65. The van der Waals surface area contributed by atoms with E-state index in [1.54, 1.807) is 0 Å². The van der Waals surface area contributed by atoms with Gasteiger partial charge in [0.2, 0.25) is 11.8 Å². The summed E-state index contributed by atoms with van der Waals surface area (Å²) in [6.45, 7) is 0.318. The van der Waals surface area contributed by atoms with Crippen molar-refractivity contribution in [2.45, 2.75) is 37.5 Å². The minimum absolute atomic E-state index is 0.125. The summed E-state index contributed by atoms with van der Waals surface area (Å²) < 4.78 is 38.2. The van der Waals surface area contributed by atoms with E-state index in [1.807, 2.05) is 24.3 Å². The largest absolute Gasteiger partial charge is 0.416 e. The number of amides is 2. The summed E-state index contributed by atoms with van der Waals surface area (Å²) in [5.74, 6) is -1.16. The van der Waals surface area contributed by atoms with E-state index in [9.17, 15) is 22.8 Å². The lowest BCUT2D eigenvalue weighted by atomic mass is 9.93. The number of benzene rings is 2. The molecule has 1 fully saturated rings. The second-order valence-electron chi connectivity index (χ2n) is 7.43. The number of carbonyl (C=O) groups excluding carboxylic acids is 2. The molecule has 0 unspecified atom stereocenters. The van der Waals surface area contributed by atoms with Crippen LogP contribution >= 0.6 is 0 Å². The molecule has 3 atom stereocenters. The van der Waals surface area contributed by atoms with E-state index in [0.717, 1.165) is 23.3 Å². The maximum absolute atomic E-state index is 13.0. The van der Waals surface area contributed by atoms with E-state index in [2.05, 4.69) is 0 Å². The van der Waals surface area contributed by atoms with Gasteiger partial charge in [-0.25, -0.2) is 0 Å². The van der Waals surface area contributed by atoms with E-state index in [1.165, 1.54) is 17.0 Å². The van der Waals surface area contributed by atoms with Crippen molar-refractivity contribution in [1.82, 2.24) is 4.90 Å². The lowest BCUT2D eigenvalue weighted by Gasteiger charge is -2.35. The van der Waals surface area contributed by atoms with Gasteiger partial charge in [-0.05, 0) is 41.2 Å². The molecule has 1 aliphatic heterocycles. The molecule has 0 saturated heterocycles. The van der Waals surface area contributed by atoms with Crippen LogP contribution in [0.4, 0.5) is 13.2 Å². The third-order valence-electron chi connectivity index (χ3n) is 5.63. The fourth-order valence-corrected chi connectivity index (χ4v) is 3.98. The van der Waals surface area contributed by atoms with Crippen LogP contribution < -0.4 is 5.73 Å². The van der Waals surface area contributed by atoms with Crippen LogP contribution in [0.15, 0.2) is 48.5 Å². The van der Waals surface area contributed by atoms with E-state index in [4.69, 9.17) is 5.73 Å². The highest BCUT2D eigenvalue weighted by molar-refractivity contribution is 5.90. The maximum Gasteiger partial charge on any atom is 0.416 e. The number of hydrogen-bond acceptors (Lipinski definition) is 2. The Morgan fingerprint density at radius 3 is 2.25 bits per heavy atom. The van der Waals surface area contributed by atoms with Crippen molar-refractivity contribution in [3.05, 3.63) is 70.8 Å². The van der Waals surface area contributed by atoms with Gasteiger partial charge in [-0.3, -0.25) is 9.59 Å². The Morgan fingerprint density at radius 1 is 1.00 bits per heavy atom. The Balaban J connectivity index is 1.51. The quantitative estimate of drug-likeness (QED) is 0.877. The van der Waals surface area contributed by atoms with Gasteiger partial charge in [-0.1, -0.05) is 36.4 Å². The fraction of sp³-hybridized carbons (Fsp3) is 0.333. The molecule has 2 aromatic carbocycles. The smallest absolute Gasteiger partial charge is 0.368 e. The van der Waals surface area contributed by atoms with Crippen LogP contribution in [0.3, 0.4) is 0 Å². The monoisotopic (exact) mass is 388 g/mol. The van der Waals surface area contributed by atoms with Gasteiger partial charge < -0.3 is 10.6 Å². The average molecular weight is 388 g/mol. The van der Waals surface area contributed by atoms with Crippen molar-refractivity contribution in [1.29, 1.82) is 0 Å². The Labute approximate surface area is 160 Å². The van der Waals surface area contributed by atoms with Gasteiger partial charge in [0.25, 0.3) is 0 Å². The number of nitrogens with two attached hydrogens (primary N) is 1. The summed E-state index contributed by atoms with van der Waals surface area (Å²) in [6, 6.07) is 11.9. The van der Waals surface area contributed by atoms with Crippen LogP contribution in [0.2, 0.25) is 0 Å². The number of alkyl halides is 3. The first-order chi connectivity index (χ1) is 13.3. The lowest BCUT2D eigenvalue weighted by molar-refractivity contribution is -0.141. The van der Waals surface area contributed by atoms with Gasteiger partial charge in [0.15, 0.2) is 0 Å². The zero-order chi connectivity index (χ0) is 20.1. The van der Waals surface area contributed by atoms with Gasteiger partial charge in [-0.2, -0.15) is 13.2 Å². The third kappa shape index (κ3) is 3.37. The SMILES string of the molecule is NC(=O)[C@@H]1Cc2ccccc2CN1C(=O)[C@@H]1C[C@H]1c1ccc(C(F)(F)F)cc1. The summed E-state index contributed by atoms with van der Waals surface area (Å²) in [4.78, 5) is 26.5. The normalized spacial score (nSPS) is 23.8. The van der Waals surface area contributed by atoms with Gasteiger partial charge in [-0.15, -0.1) is 0 Å². The van der Waals surface area contributed by atoms with Gasteiger partial charge in [0.05, 0.1) is 5.56 Å². The van der Waals surface area contributed by atoms with Gasteiger partial charge in [0, 0.05) is 18.9 Å². The van der Waals surface area contributed by atoms with Crippen molar-refractivity contribution < 1.29 is 22.8 Å². The molecule has 4 rings (SSSR count). The molecule has 146 valence electrons. The molecule has 2 aromatic rings. The highest BCUT2D eigenvalue weighted by Crippen LogP contribution is 2.49. The van der Waals surface area contributed by atoms with Crippen molar-refractivity contribution in [2.75, 3.05) is 0 Å². The zero-order valence-electron chi connectivity index (χ0n) is 14.9. The summed E-state index contributed by atoms with van der Waals surface area (Å²) in [5.41, 5.74) is 7.53. The Kier molecular flexibility index (Phi) is 4.40. The molecule has 2 N–H and O–H groups in total. The average Bonchev–Trinajstić information content (AvgIpc) is 3.46. The minimum atomic E-state index is -4.38. The van der Waals surface area contributed by atoms with Crippen LogP contribution in [0.25, 0.3) is 0 Å². The molecule has 1 aliphatic carbocycles. The molecule has 0 aromatic heterocycles. The van der Waals surface area contributed by atoms with Crippen molar-refractivity contribution >= 4 is 11.8 Å². The van der Waals surface area contributed by atoms with E-state index >= 15 is 0 Å². The Bertz CT molecular complexity index is 924. The molecule has 0 bridgehead atoms. The lowest BCUT2D eigenvalue weighted by Crippen LogP contribution is -2.51. The predicted molar refractivity (Wildman–Crippen MR) is 96.0 cm³/mol. The Morgan fingerprint density at radius 2 is 1.64 bits per heavy atom. The van der Waals surface area contributed by atoms with Gasteiger partial charge in [0.1, 0.15) is 6.04 Å². The molecule has 1 heterocycles. The highest BCUT2D eigenvalue weighted by Gasteiger charge is 2.48.